The summed E-state index contributed by atoms with van der Waals surface area (Å²) in [5.41, 5.74) is 4.89. The van der Waals surface area contributed by atoms with E-state index in [1.165, 1.54) is 46.7 Å². The molecule has 0 amide bonds. The van der Waals surface area contributed by atoms with Crippen molar-refractivity contribution in [3.8, 4) is 0 Å². The Hall–Kier alpha value is -3.02. The largest absolute Gasteiger partial charge is 0.285 e. The number of nitrogens with zero attached hydrogens (tertiary/aromatic N) is 1. The van der Waals surface area contributed by atoms with Crippen LogP contribution < -0.4 is 10.6 Å². The van der Waals surface area contributed by atoms with Gasteiger partial charge in [0.25, 0.3) is 0 Å². The molecule has 1 fully saturated rings. The van der Waals surface area contributed by atoms with Crippen LogP contribution in [0, 0.1) is 5.92 Å². The van der Waals surface area contributed by atoms with Crippen molar-refractivity contribution in [3.05, 3.63) is 132 Å². The molecule has 0 spiro atoms. The van der Waals surface area contributed by atoms with E-state index in [4.69, 9.17) is 4.99 Å². The molecule has 2 unspecified atom stereocenters. The molecule has 1 aliphatic carbocycles. The molecule has 0 N–H and O–H groups in total. The van der Waals surface area contributed by atoms with Gasteiger partial charge in [0.05, 0.1) is 6.04 Å². The van der Waals surface area contributed by atoms with Gasteiger partial charge >= 0.3 is 0 Å². The fourth-order valence-electron chi connectivity index (χ4n) is 6.21. The first kappa shape index (κ1) is 22.4. The van der Waals surface area contributed by atoms with Crippen molar-refractivity contribution in [3.63, 3.8) is 0 Å². The zero-order valence-electron chi connectivity index (χ0n) is 20.1. The quantitative estimate of drug-likeness (QED) is 0.255. The summed E-state index contributed by atoms with van der Waals surface area (Å²) in [6.45, 7) is 0. The second kappa shape index (κ2) is 10.3. The molecule has 1 aliphatic heterocycles. The fourth-order valence-corrected chi connectivity index (χ4v) is 9.38. The van der Waals surface area contributed by atoms with Gasteiger partial charge < -0.3 is 0 Å². The Bertz CT molecular complexity index is 1210. The Morgan fingerprint density at radius 3 is 1.63 bits per heavy atom. The lowest BCUT2D eigenvalue weighted by atomic mass is 9.85. The van der Waals surface area contributed by atoms with Gasteiger partial charge in [-0.1, -0.05) is 128 Å². The van der Waals surface area contributed by atoms with E-state index in [1.807, 2.05) is 0 Å². The summed E-state index contributed by atoms with van der Waals surface area (Å²) in [6.07, 6.45) is 4.95. The van der Waals surface area contributed by atoms with Gasteiger partial charge in [0.15, 0.2) is 0 Å². The number of hydrogen-bond acceptors (Lipinski definition) is 1. The first-order valence-electron chi connectivity index (χ1n) is 12.9. The van der Waals surface area contributed by atoms with E-state index in [0.29, 0.717) is 17.5 Å². The van der Waals surface area contributed by atoms with Gasteiger partial charge in [0.2, 0.25) is 0 Å². The van der Waals surface area contributed by atoms with Gasteiger partial charge in [0.1, 0.15) is 0 Å². The predicted molar refractivity (Wildman–Crippen MR) is 151 cm³/mol. The average molecular weight is 474 g/mol. The molecule has 4 aromatic rings. The van der Waals surface area contributed by atoms with E-state index >= 15 is 0 Å². The van der Waals surface area contributed by atoms with Crippen LogP contribution >= 0.6 is 7.92 Å². The first-order chi connectivity index (χ1) is 17.4. The highest BCUT2D eigenvalue weighted by Crippen LogP contribution is 2.53. The minimum Gasteiger partial charge on any atom is -0.285 e. The van der Waals surface area contributed by atoms with Crippen molar-refractivity contribution in [2.45, 2.75) is 43.3 Å². The van der Waals surface area contributed by atoms with Crippen LogP contribution in [0.5, 0.6) is 0 Å². The zero-order chi connectivity index (χ0) is 23.5. The van der Waals surface area contributed by atoms with Crippen LogP contribution in [0.15, 0.2) is 126 Å². The molecule has 0 radical (unpaired) electrons. The molecule has 6 rings (SSSR count). The summed E-state index contributed by atoms with van der Waals surface area (Å²) >= 11 is 0. The number of aliphatic imine (C=N–C) groups is 1. The van der Waals surface area contributed by atoms with Crippen LogP contribution in [-0.2, 0) is 0 Å². The highest BCUT2D eigenvalue weighted by molar-refractivity contribution is 7.73. The lowest BCUT2D eigenvalue weighted by molar-refractivity contribution is 0.612. The third kappa shape index (κ3) is 4.63. The summed E-state index contributed by atoms with van der Waals surface area (Å²) in [5.74, 6) is 0.996. The SMILES string of the molecule is c1ccc([C@@H]2CC(C3CCCC3P(c3ccccc3)c3ccccc3)=N[C@H]2c2ccccc2)cc1. The maximum Gasteiger partial charge on any atom is 0.0820 e. The molecular formula is C33H32NP. The molecule has 1 saturated carbocycles. The number of benzene rings is 4. The van der Waals surface area contributed by atoms with Crippen LogP contribution in [0.3, 0.4) is 0 Å². The first-order valence-corrected chi connectivity index (χ1v) is 14.4. The lowest BCUT2D eigenvalue weighted by Crippen LogP contribution is -2.28. The maximum atomic E-state index is 5.55. The second-order valence-corrected chi connectivity index (χ2v) is 12.3. The Balaban J connectivity index is 1.38. The Kier molecular flexibility index (Phi) is 6.61. The Morgan fingerprint density at radius 1 is 0.543 bits per heavy atom. The molecule has 0 aromatic heterocycles. The van der Waals surface area contributed by atoms with Crippen molar-refractivity contribution in [1.82, 2.24) is 0 Å². The number of hydrogen-bond donors (Lipinski definition) is 0. The average Bonchev–Trinajstić information content (AvgIpc) is 3.59. The molecule has 0 bridgehead atoms. The van der Waals surface area contributed by atoms with Gasteiger partial charge in [0, 0.05) is 17.5 Å². The van der Waals surface area contributed by atoms with E-state index in [2.05, 4.69) is 121 Å². The summed E-state index contributed by atoms with van der Waals surface area (Å²) in [5, 5.41) is 3.01. The maximum absolute atomic E-state index is 5.55. The molecule has 35 heavy (non-hydrogen) atoms. The molecular weight excluding hydrogens is 441 g/mol. The van der Waals surface area contributed by atoms with Gasteiger partial charge in [-0.2, -0.15) is 0 Å². The van der Waals surface area contributed by atoms with E-state index in [9.17, 15) is 0 Å². The summed E-state index contributed by atoms with van der Waals surface area (Å²) < 4.78 is 0. The normalized spacial score (nSPS) is 24.0. The third-order valence-corrected chi connectivity index (χ3v) is 10.8. The van der Waals surface area contributed by atoms with E-state index in [1.54, 1.807) is 0 Å². The molecule has 0 saturated heterocycles. The monoisotopic (exact) mass is 473 g/mol. The second-order valence-electron chi connectivity index (χ2n) is 9.84. The minimum atomic E-state index is -0.425. The van der Waals surface area contributed by atoms with Gasteiger partial charge in [-0.15, -0.1) is 0 Å². The van der Waals surface area contributed by atoms with Gasteiger partial charge in [-0.25, -0.2) is 0 Å². The summed E-state index contributed by atoms with van der Waals surface area (Å²) in [6, 6.07) is 44.8. The van der Waals surface area contributed by atoms with Crippen LogP contribution in [0.4, 0.5) is 0 Å². The molecule has 174 valence electrons. The standard InChI is InChI=1S/C33H32NP/c1-5-14-25(15-6-1)30-24-31(34-33(30)26-16-7-2-8-17-26)29-22-13-23-32(29)35(27-18-9-3-10-19-27)28-20-11-4-12-21-28/h1-12,14-21,29-30,32-33H,13,22-24H2/t29?,30-,32?,33-/m0/s1. The number of rotatable bonds is 6. The van der Waals surface area contributed by atoms with Crippen LogP contribution in [0.1, 0.15) is 48.8 Å². The highest BCUT2D eigenvalue weighted by atomic mass is 31.1. The van der Waals surface area contributed by atoms with Crippen molar-refractivity contribution >= 4 is 24.2 Å². The van der Waals surface area contributed by atoms with Crippen molar-refractivity contribution in [1.29, 1.82) is 0 Å². The highest BCUT2D eigenvalue weighted by Gasteiger charge is 2.42. The third-order valence-electron chi connectivity index (χ3n) is 7.79. The van der Waals surface area contributed by atoms with Gasteiger partial charge in [-0.3, -0.25) is 4.99 Å². The van der Waals surface area contributed by atoms with E-state index < -0.39 is 7.92 Å². The van der Waals surface area contributed by atoms with Crippen LogP contribution in [-0.4, -0.2) is 11.4 Å². The Morgan fingerprint density at radius 2 is 1.06 bits per heavy atom. The Labute approximate surface area is 210 Å². The minimum absolute atomic E-state index is 0.217. The molecule has 4 atom stereocenters. The van der Waals surface area contributed by atoms with Crippen LogP contribution in [0.2, 0.25) is 0 Å². The smallest absolute Gasteiger partial charge is 0.0820 e. The topological polar surface area (TPSA) is 12.4 Å². The van der Waals surface area contributed by atoms with Gasteiger partial charge in [-0.05, 0) is 54.6 Å². The van der Waals surface area contributed by atoms with Crippen molar-refractivity contribution < 1.29 is 0 Å². The molecule has 2 aliphatic rings. The lowest BCUT2D eigenvalue weighted by Gasteiger charge is -2.30. The van der Waals surface area contributed by atoms with E-state index in [0.717, 1.165) is 6.42 Å². The molecule has 4 aromatic carbocycles. The summed E-state index contributed by atoms with van der Waals surface area (Å²) in [4.78, 5) is 5.55. The van der Waals surface area contributed by atoms with E-state index in [-0.39, 0.29) is 6.04 Å². The molecule has 1 nitrogen and oxygen atoms in total. The van der Waals surface area contributed by atoms with Crippen molar-refractivity contribution in [2.24, 2.45) is 10.9 Å². The predicted octanol–water partition coefficient (Wildman–Crippen LogP) is 7.66. The molecule has 2 heteroatoms. The fraction of sp³-hybridized carbons (Fsp3) is 0.242. The van der Waals surface area contributed by atoms with Crippen LogP contribution in [0.25, 0.3) is 0 Å². The zero-order valence-corrected chi connectivity index (χ0v) is 21.0. The molecule has 1 heterocycles. The van der Waals surface area contributed by atoms with Crippen molar-refractivity contribution in [2.75, 3.05) is 0 Å². The summed E-state index contributed by atoms with van der Waals surface area (Å²) in [7, 11) is -0.425.